The summed E-state index contributed by atoms with van der Waals surface area (Å²) in [5, 5.41) is 2.43. The van der Waals surface area contributed by atoms with Crippen LogP contribution in [-0.2, 0) is 24.7 Å². The Kier molecular flexibility index (Phi) is 9.31. The van der Waals surface area contributed by atoms with Gasteiger partial charge in [0.2, 0.25) is 0 Å². The van der Waals surface area contributed by atoms with Gasteiger partial charge in [0.1, 0.15) is 7.14 Å². The van der Waals surface area contributed by atoms with Gasteiger partial charge >= 0.3 is 0 Å². The van der Waals surface area contributed by atoms with Crippen LogP contribution in [0.3, 0.4) is 0 Å². The summed E-state index contributed by atoms with van der Waals surface area (Å²) in [6.45, 7) is 2.03. The number of nitrogens with zero attached hydrogens (tertiary/aromatic N) is 1. The Bertz CT molecular complexity index is 1210. The molecule has 4 heteroatoms. The molecule has 0 saturated heterocycles. The van der Waals surface area contributed by atoms with Crippen LogP contribution in [0, 0.1) is 19.1 Å². The van der Waals surface area contributed by atoms with Gasteiger partial charge in [-0.1, -0.05) is 78.1 Å². The van der Waals surface area contributed by atoms with Gasteiger partial charge in [-0.05, 0) is 18.2 Å². The van der Waals surface area contributed by atoms with Crippen LogP contribution in [0.1, 0.15) is 5.56 Å². The molecule has 0 fully saturated rings. The van der Waals surface area contributed by atoms with Crippen LogP contribution in [0.5, 0.6) is 0 Å². The zero-order valence-electron chi connectivity index (χ0n) is 18.8. The molecule has 0 spiro atoms. The first kappa shape index (κ1) is 25.5. The van der Waals surface area contributed by atoms with Crippen molar-refractivity contribution in [3.63, 3.8) is 0 Å². The predicted molar refractivity (Wildman–Crippen MR) is 138 cm³/mol. The summed E-state index contributed by atoms with van der Waals surface area (Å²) in [6.07, 6.45) is 1.87. The molecule has 0 unspecified atom stereocenters. The van der Waals surface area contributed by atoms with Crippen molar-refractivity contribution < 1.29 is 24.7 Å². The number of benzene rings is 4. The van der Waals surface area contributed by atoms with Crippen molar-refractivity contribution in [3.8, 4) is 11.3 Å². The van der Waals surface area contributed by atoms with Gasteiger partial charge in [0.15, 0.2) is 0 Å². The van der Waals surface area contributed by atoms with Gasteiger partial charge in [0.25, 0.3) is 0 Å². The van der Waals surface area contributed by atoms with Gasteiger partial charge in [-0.3, -0.25) is 0 Å². The minimum Gasteiger partial charge on any atom is -0.311 e. The van der Waals surface area contributed by atoms with Crippen molar-refractivity contribution in [2.75, 3.05) is 0 Å². The van der Waals surface area contributed by atoms with Crippen molar-refractivity contribution in [2.24, 2.45) is 0 Å². The standard InChI is InChI=1S/C18H14OP.C12H10N.Ir/c19-20(16-10-4-1-5-11-16,17-12-6-2-7-13-17)18-14-8-3-9-15-18;1-10-7-8-12(13-9-10)11-5-3-2-4-6-11;/h1-14H;2-5,7-9H,1H3;/q2*-1;. The minimum absolute atomic E-state index is 0. The van der Waals surface area contributed by atoms with Gasteiger partial charge < -0.3 is 9.55 Å². The number of aryl methyl sites for hydroxylation is 1. The number of pyridine rings is 1. The molecular formula is C30H24IrNOP-2. The van der Waals surface area contributed by atoms with Crippen molar-refractivity contribution in [1.82, 2.24) is 4.98 Å². The fraction of sp³-hybridized carbons (Fsp3) is 0.0333. The number of rotatable bonds is 4. The molecule has 0 amide bonds. The molecule has 0 aliphatic heterocycles. The maximum Gasteiger partial charge on any atom is 0.147 e. The quantitative estimate of drug-likeness (QED) is 0.179. The van der Waals surface area contributed by atoms with E-state index < -0.39 is 7.14 Å². The van der Waals surface area contributed by atoms with Crippen LogP contribution in [0.15, 0.2) is 128 Å². The first-order chi connectivity index (χ1) is 16.2. The van der Waals surface area contributed by atoms with E-state index in [2.05, 4.69) is 23.2 Å². The van der Waals surface area contributed by atoms with E-state index in [4.69, 9.17) is 0 Å². The molecule has 171 valence electrons. The zero-order valence-corrected chi connectivity index (χ0v) is 22.0. The molecule has 5 rings (SSSR count). The van der Waals surface area contributed by atoms with E-state index in [1.54, 1.807) is 0 Å². The molecule has 0 aliphatic rings. The van der Waals surface area contributed by atoms with E-state index in [1.807, 2.05) is 128 Å². The Hall–Kier alpha value is -3.09. The van der Waals surface area contributed by atoms with Crippen molar-refractivity contribution >= 4 is 23.1 Å². The summed E-state index contributed by atoms with van der Waals surface area (Å²) in [5.41, 5.74) is 3.20. The SMILES string of the molecule is Cc1ccc(-c2[c-]cccc2)nc1.O=P(c1[c-]cccc1)(c1ccccc1)c1ccccc1.[Ir]. The molecule has 0 N–H and O–H groups in total. The summed E-state index contributed by atoms with van der Waals surface area (Å²) >= 11 is 0. The molecule has 1 radical (unpaired) electrons. The van der Waals surface area contributed by atoms with Gasteiger partial charge in [0, 0.05) is 36.9 Å². The molecule has 1 aromatic heterocycles. The third kappa shape index (κ3) is 6.07. The fourth-order valence-electron chi connectivity index (χ4n) is 3.46. The third-order valence-corrected chi connectivity index (χ3v) is 8.18. The monoisotopic (exact) mass is 638 g/mol. The molecule has 34 heavy (non-hydrogen) atoms. The van der Waals surface area contributed by atoms with Crippen LogP contribution in [0.2, 0.25) is 0 Å². The molecule has 4 aromatic carbocycles. The molecule has 0 aliphatic carbocycles. The van der Waals surface area contributed by atoms with Gasteiger partial charge in [-0.15, -0.1) is 35.9 Å². The fourth-order valence-corrected chi connectivity index (χ4v) is 6.05. The molecule has 1 heterocycles. The zero-order chi connectivity index (χ0) is 22.9. The van der Waals surface area contributed by atoms with Crippen molar-refractivity contribution in [1.29, 1.82) is 0 Å². The summed E-state index contributed by atoms with van der Waals surface area (Å²) in [4.78, 5) is 4.32. The molecule has 0 bridgehead atoms. The molecular weight excluding hydrogens is 614 g/mol. The Morgan fingerprint density at radius 2 is 1.21 bits per heavy atom. The molecule has 0 saturated carbocycles. The van der Waals surface area contributed by atoms with Crippen LogP contribution < -0.4 is 15.9 Å². The van der Waals surface area contributed by atoms with Gasteiger partial charge in [0.05, 0.1) is 0 Å². The summed E-state index contributed by atoms with van der Waals surface area (Å²) in [7, 11) is -2.83. The third-order valence-electron chi connectivity index (χ3n) is 5.17. The first-order valence-electron chi connectivity index (χ1n) is 10.8. The van der Waals surface area contributed by atoms with Crippen LogP contribution >= 0.6 is 7.14 Å². The second-order valence-electron chi connectivity index (χ2n) is 7.53. The van der Waals surface area contributed by atoms with Gasteiger partial charge in [-0.25, -0.2) is 0 Å². The Balaban J connectivity index is 0.000000201. The van der Waals surface area contributed by atoms with Crippen molar-refractivity contribution in [2.45, 2.75) is 6.92 Å². The molecule has 0 atom stereocenters. The Labute approximate surface area is 215 Å². The van der Waals surface area contributed by atoms with E-state index in [9.17, 15) is 4.57 Å². The van der Waals surface area contributed by atoms with E-state index in [0.29, 0.717) is 0 Å². The van der Waals surface area contributed by atoms with E-state index in [-0.39, 0.29) is 20.1 Å². The van der Waals surface area contributed by atoms with E-state index in [0.717, 1.165) is 27.2 Å². The average Bonchev–Trinajstić information content (AvgIpc) is 2.91. The summed E-state index contributed by atoms with van der Waals surface area (Å²) in [5.74, 6) is 0. The number of hydrogen-bond acceptors (Lipinski definition) is 2. The predicted octanol–water partition coefficient (Wildman–Crippen LogP) is 5.98. The first-order valence-corrected chi connectivity index (χ1v) is 12.5. The average molecular weight is 638 g/mol. The Morgan fingerprint density at radius 1 is 0.647 bits per heavy atom. The summed E-state index contributed by atoms with van der Waals surface area (Å²) < 4.78 is 13.8. The van der Waals surface area contributed by atoms with Crippen molar-refractivity contribution in [3.05, 3.63) is 145 Å². The van der Waals surface area contributed by atoms with Gasteiger partial charge in [-0.2, -0.15) is 30.3 Å². The van der Waals surface area contributed by atoms with Crippen LogP contribution in [0.25, 0.3) is 11.3 Å². The Morgan fingerprint density at radius 3 is 1.68 bits per heavy atom. The number of aromatic nitrogens is 1. The number of hydrogen-bond donors (Lipinski definition) is 0. The largest absolute Gasteiger partial charge is 0.311 e. The van der Waals surface area contributed by atoms with E-state index in [1.165, 1.54) is 5.56 Å². The van der Waals surface area contributed by atoms with E-state index >= 15 is 0 Å². The minimum atomic E-state index is -2.83. The maximum absolute atomic E-state index is 13.8. The summed E-state index contributed by atoms with van der Waals surface area (Å²) in [6, 6.07) is 45.0. The topological polar surface area (TPSA) is 30.0 Å². The van der Waals surface area contributed by atoms with Crippen LogP contribution in [0.4, 0.5) is 0 Å². The van der Waals surface area contributed by atoms with Crippen LogP contribution in [-0.4, -0.2) is 4.98 Å². The molecule has 2 nitrogen and oxygen atoms in total. The normalized spacial score (nSPS) is 10.4. The maximum atomic E-state index is 13.8. The second-order valence-corrected chi connectivity index (χ2v) is 10.3. The molecule has 5 aromatic rings. The smallest absolute Gasteiger partial charge is 0.147 e. The second kappa shape index (κ2) is 12.4.